The largest absolute Gasteiger partial charge is 0.494 e. The zero-order valence-electron chi connectivity index (χ0n) is 19.0. The highest BCUT2D eigenvalue weighted by Gasteiger charge is 2.19. The van der Waals surface area contributed by atoms with Gasteiger partial charge in [-0.25, -0.2) is 17.7 Å². The number of nitrogens with zero attached hydrogens (tertiary/aromatic N) is 3. The summed E-state index contributed by atoms with van der Waals surface area (Å²) in [5.74, 6) is 1.35. The fourth-order valence-corrected chi connectivity index (χ4v) is 4.33. The van der Waals surface area contributed by atoms with Crippen molar-refractivity contribution in [2.45, 2.75) is 44.6 Å². The fraction of sp³-hybridized carbons (Fsp3) is 0.391. The normalized spacial score (nSPS) is 11.8. The van der Waals surface area contributed by atoms with E-state index < -0.39 is 10.0 Å². The van der Waals surface area contributed by atoms with Gasteiger partial charge in [0.25, 0.3) is 0 Å². The molecule has 1 N–H and O–H groups in total. The van der Waals surface area contributed by atoms with Crippen LogP contribution in [0.2, 0.25) is 0 Å². The van der Waals surface area contributed by atoms with Gasteiger partial charge in [0.05, 0.1) is 22.5 Å². The zero-order valence-corrected chi connectivity index (χ0v) is 19.8. The van der Waals surface area contributed by atoms with E-state index in [0.717, 1.165) is 23.5 Å². The van der Waals surface area contributed by atoms with Crippen molar-refractivity contribution >= 4 is 32.7 Å². The minimum Gasteiger partial charge on any atom is -0.494 e. The maximum atomic E-state index is 12.5. The third kappa shape index (κ3) is 5.28. The monoisotopic (exact) mass is 458 g/mol. The number of rotatable bonds is 10. The number of ether oxygens (including phenoxy) is 1. The number of aromatic nitrogens is 2. The van der Waals surface area contributed by atoms with E-state index in [1.165, 1.54) is 18.4 Å². The van der Waals surface area contributed by atoms with Gasteiger partial charge in [-0.1, -0.05) is 13.0 Å². The van der Waals surface area contributed by atoms with Crippen LogP contribution < -0.4 is 10.1 Å². The molecule has 0 fully saturated rings. The van der Waals surface area contributed by atoms with Gasteiger partial charge in [-0.2, -0.15) is 0 Å². The van der Waals surface area contributed by atoms with E-state index in [0.29, 0.717) is 30.8 Å². The molecule has 0 bridgehead atoms. The summed E-state index contributed by atoms with van der Waals surface area (Å²) in [5.41, 5.74) is 2.14. The molecule has 0 aliphatic carbocycles. The Morgan fingerprint density at radius 2 is 1.94 bits per heavy atom. The summed E-state index contributed by atoms with van der Waals surface area (Å²) in [7, 11) is -0.539. The van der Waals surface area contributed by atoms with Crippen molar-refractivity contribution in [2.24, 2.45) is 0 Å². The number of hydrogen-bond acceptors (Lipinski definition) is 5. The molecule has 0 unspecified atom stereocenters. The molecule has 3 rings (SSSR count). The molecule has 0 radical (unpaired) electrons. The molecule has 0 aliphatic rings. The predicted molar refractivity (Wildman–Crippen MR) is 125 cm³/mol. The van der Waals surface area contributed by atoms with E-state index in [4.69, 9.17) is 4.74 Å². The number of imidazole rings is 1. The number of aryl methyl sites for hydroxylation is 2. The third-order valence-corrected chi connectivity index (χ3v) is 6.87. The van der Waals surface area contributed by atoms with E-state index in [2.05, 4.69) is 10.3 Å². The average Bonchev–Trinajstić information content (AvgIpc) is 3.13. The molecule has 172 valence electrons. The van der Waals surface area contributed by atoms with Gasteiger partial charge in [-0.15, -0.1) is 0 Å². The number of carbonyl (C=O) groups excluding carboxylic acids is 1. The minimum absolute atomic E-state index is 0.122. The average molecular weight is 459 g/mol. The molecular weight excluding hydrogens is 428 g/mol. The summed E-state index contributed by atoms with van der Waals surface area (Å²) in [4.78, 5) is 17.3. The number of amides is 1. The second kappa shape index (κ2) is 10.1. The summed E-state index contributed by atoms with van der Waals surface area (Å²) >= 11 is 0. The number of hydrogen-bond donors (Lipinski definition) is 1. The first-order chi connectivity index (χ1) is 15.3. The number of nitrogens with one attached hydrogen (secondary N) is 1. The standard InChI is InChI=1S/C23H30N4O4S/c1-5-14-31-18-9-7-8-17(15-18)24-23(28)13-12-22-25-20-16-19(32(29,30)26(3)4)10-11-21(20)27(22)6-2/h7-11,15-16H,5-6,12-14H2,1-4H3,(H,24,28). The second-order valence-corrected chi connectivity index (χ2v) is 9.79. The maximum Gasteiger partial charge on any atom is 0.242 e. The van der Waals surface area contributed by atoms with E-state index in [1.54, 1.807) is 18.2 Å². The van der Waals surface area contributed by atoms with Gasteiger partial charge in [0.2, 0.25) is 15.9 Å². The highest BCUT2D eigenvalue weighted by atomic mass is 32.2. The smallest absolute Gasteiger partial charge is 0.242 e. The molecule has 0 aliphatic heterocycles. The van der Waals surface area contributed by atoms with Gasteiger partial charge in [-0.05, 0) is 43.7 Å². The Hall–Kier alpha value is -2.91. The molecule has 1 heterocycles. The molecule has 9 heteroatoms. The van der Waals surface area contributed by atoms with Crippen molar-refractivity contribution in [3.8, 4) is 5.75 Å². The van der Waals surface area contributed by atoms with Crippen LogP contribution in [0.5, 0.6) is 5.75 Å². The first-order valence-corrected chi connectivity index (χ1v) is 12.1. The van der Waals surface area contributed by atoms with Crippen molar-refractivity contribution < 1.29 is 17.9 Å². The van der Waals surface area contributed by atoms with Crippen molar-refractivity contribution in [2.75, 3.05) is 26.0 Å². The summed E-state index contributed by atoms with van der Waals surface area (Å²) in [6.07, 6.45) is 1.61. The lowest BCUT2D eigenvalue weighted by Crippen LogP contribution is -2.22. The number of anilines is 1. The van der Waals surface area contributed by atoms with Crippen LogP contribution in [0.25, 0.3) is 11.0 Å². The van der Waals surface area contributed by atoms with Gasteiger partial charge in [-0.3, -0.25) is 4.79 Å². The Bertz CT molecular complexity index is 1200. The minimum atomic E-state index is -3.54. The Balaban J connectivity index is 1.73. The fourth-order valence-electron chi connectivity index (χ4n) is 3.41. The van der Waals surface area contributed by atoms with Gasteiger partial charge >= 0.3 is 0 Å². The molecule has 32 heavy (non-hydrogen) atoms. The van der Waals surface area contributed by atoms with Gasteiger partial charge < -0.3 is 14.6 Å². The summed E-state index contributed by atoms with van der Waals surface area (Å²) in [6.45, 7) is 5.33. The van der Waals surface area contributed by atoms with Crippen LogP contribution in [0.3, 0.4) is 0 Å². The highest BCUT2D eigenvalue weighted by Crippen LogP contribution is 2.23. The van der Waals surface area contributed by atoms with Crippen LogP contribution in [-0.4, -0.2) is 48.9 Å². The predicted octanol–water partition coefficient (Wildman–Crippen LogP) is 3.67. The molecule has 0 saturated carbocycles. The zero-order chi connectivity index (χ0) is 23.3. The first kappa shape index (κ1) is 23.7. The lowest BCUT2D eigenvalue weighted by atomic mass is 10.2. The van der Waals surface area contributed by atoms with Gasteiger partial charge in [0.15, 0.2) is 0 Å². The van der Waals surface area contributed by atoms with Crippen LogP contribution in [0, 0.1) is 0 Å². The van der Waals surface area contributed by atoms with Gasteiger partial charge in [0, 0.05) is 45.2 Å². The van der Waals surface area contributed by atoms with E-state index in [1.807, 2.05) is 42.7 Å². The third-order valence-electron chi connectivity index (χ3n) is 5.06. The van der Waals surface area contributed by atoms with Crippen LogP contribution in [0.1, 0.15) is 32.5 Å². The van der Waals surface area contributed by atoms with E-state index in [9.17, 15) is 13.2 Å². The van der Waals surface area contributed by atoms with Gasteiger partial charge in [0.1, 0.15) is 11.6 Å². The highest BCUT2D eigenvalue weighted by molar-refractivity contribution is 7.89. The molecule has 1 amide bonds. The molecule has 0 atom stereocenters. The lowest BCUT2D eigenvalue weighted by molar-refractivity contribution is -0.116. The van der Waals surface area contributed by atoms with Crippen LogP contribution in [0.15, 0.2) is 47.4 Å². The SMILES string of the molecule is CCCOc1cccc(NC(=O)CCc2nc3cc(S(=O)(=O)N(C)C)ccc3n2CC)c1. The maximum absolute atomic E-state index is 12.5. The van der Waals surface area contributed by atoms with E-state index in [-0.39, 0.29) is 17.2 Å². The summed E-state index contributed by atoms with van der Waals surface area (Å²) < 4.78 is 33.7. The lowest BCUT2D eigenvalue weighted by Gasteiger charge is -2.11. The summed E-state index contributed by atoms with van der Waals surface area (Å²) in [5, 5.41) is 2.90. The van der Waals surface area contributed by atoms with Crippen molar-refractivity contribution in [3.63, 3.8) is 0 Å². The quantitative estimate of drug-likeness (QED) is 0.500. The Morgan fingerprint density at radius 3 is 2.62 bits per heavy atom. The molecule has 2 aromatic carbocycles. The number of fused-ring (bicyclic) bond motifs is 1. The van der Waals surface area contributed by atoms with Crippen molar-refractivity contribution in [1.82, 2.24) is 13.9 Å². The molecular formula is C23H30N4O4S. The first-order valence-electron chi connectivity index (χ1n) is 10.7. The van der Waals surface area contributed by atoms with Crippen molar-refractivity contribution in [3.05, 3.63) is 48.3 Å². The van der Waals surface area contributed by atoms with Crippen molar-refractivity contribution in [1.29, 1.82) is 0 Å². The number of benzene rings is 2. The summed E-state index contributed by atoms with van der Waals surface area (Å²) in [6, 6.07) is 12.3. The molecule has 3 aromatic rings. The number of sulfonamides is 1. The molecule has 0 spiro atoms. The molecule has 1 aromatic heterocycles. The molecule has 8 nitrogen and oxygen atoms in total. The van der Waals surface area contributed by atoms with E-state index >= 15 is 0 Å². The van der Waals surface area contributed by atoms with Crippen LogP contribution in [0.4, 0.5) is 5.69 Å². The second-order valence-electron chi connectivity index (χ2n) is 7.63. The Kier molecular flexibility index (Phi) is 7.52. The van der Waals surface area contributed by atoms with Crippen LogP contribution >= 0.6 is 0 Å². The number of carbonyl (C=O) groups is 1. The Labute approximate surface area is 189 Å². The molecule has 0 saturated heterocycles. The van der Waals surface area contributed by atoms with Crippen LogP contribution in [-0.2, 0) is 27.8 Å². The Morgan fingerprint density at radius 1 is 1.16 bits per heavy atom. The topological polar surface area (TPSA) is 93.5 Å².